The second-order valence-electron chi connectivity index (χ2n) is 4.04. The molecule has 3 nitrogen and oxygen atoms in total. The van der Waals surface area contributed by atoms with Gasteiger partial charge in [0.25, 0.3) is 0 Å². The predicted octanol–water partition coefficient (Wildman–Crippen LogP) is -0.482. The Morgan fingerprint density at radius 1 is 1.50 bits per heavy atom. The highest BCUT2D eigenvalue weighted by atomic mass is 16.3. The Labute approximate surface area is 73.8 Å². The minimum atomic E-state index is 0.303. The van der Waals surface area contributed by atoms with Gasteiger partial charge >= 0.3 is 0 Å². The lowest BCUT2D eigenvalue weighted by atomic mass is 9.95. The van der Waals surface area contributed by atoms with Gasteiger partial charge in [0.2, 0.25) is 0 Å². The number of aliphatic hydroxyl groups excluding tert-OH is 1. The van der Waals surface area contributed by atoms with Gasteiger partial charge in [-0.1, -0.05) is 0 Å². The first-order valence-corrected chi connectivity index (χ1v) is 4.88. The third-order valence-corrected chi connectivity index (χ3v) is 3.44. The summed E-state index contributed by atoms with van der Waals surface area (Å²) in [6.45, 7) is 6.97. The van der Waals surface area contributed by atoms with E-state index < -0.39 is 0 Å². The molecule has 0 aromatic rings. The van der Waals surface area contributed by atoms with E-state index in [1.54, 1.807) is 0 Å². The van der Waals surface area contributed by atoms with Crippen molar-refractivity contribution in [2.75, 3.05) is 32.8 Å². The van der Waals surface area contributed by atoms with E-state index in [4.69, 9.17) is 5.11 Å². The Hall–Kier alpha value is -0.120. The molecule has 0 aliphatic carbocycles. The van der Waals surface area contributed by atoms with Gasteiger partial charge in [-0.3, -0.25) is 4.90 Å². The van der Waals surface area contributed by atoms with Crippen LogP contribution in [0.5, 0.6) is 0 Å². The lowest BCUT2D eigenvalue weighted by molar-refractivity contribution is 0.178. The fraction of sp³-hybridized carbons (Fsp3) is 1.00. The van der Waals surface area contributed by atoms with Crippen LogP contribution in [0.1, 0.15) is 6.92 Å². The molecule has 2 fully saturated rings. The summed E-state index contributed by atoms with van der Waals surface area (Å²) < 4.78 is 0. The highest BCUT2D eigenvalue weighted by molar-refractivity contribution is 4.96. The molecule has 0 saturated carbocycles. The molecule has 2 rings (SSSR count). The summed E-state index contributed by atoms with van der Waals surface area (Å²) in [5.74, 6) is 1.67. The second kappa shape index (κ2) is 3.32. The molecule has 2 saturated heterocycles. The summed E-state index contributed by atoms with van der Waals surface area (Å²) in [4.78, 5) is 2.41. The standard InChI is InChI=1S/C9H18N2O/c1-7-9-5-10-4-8(9)6-11(7)2-3-12/h7-10,12H,2-6H2,1H3. The van der Waals surface area contributed by atoms with E-state index in [2.05, 4.69) is 17.1 Å². The number of aliphatic hydroxyl groups is 1. The minimum absolute atomic E-state index is 0.303. The highest BCUT2D eigenvalue weighted by Crippen LogP contribution is 2.31. The molecule has 3 atom stereocenters. The Morgan fingerprint density at radius 3 is 3.00 bits per heavy atom. The van der Waals surface area contributed by atoms with Crippen LogP contribution in [0, 0.1) is 11.8 Å². The number of nitrogens with one attached hydrogen (secondary N) is 1. The molecule has 2 aliphatic rings. The van der Waals surface area contributed by atoms with Crippen LogP contribution in [-0.2, 0) is 0 Å². The van der Waals surface area contributed by atoms with Crippen LogP contribution in [0.2, 0.25) is 0 Å². The Morgan fingerprint density at radius 2 is 2.33 bits per heavy atom. The number of hydrogen-bond donors (Lipinski definition) is 2. The summed E-state index contributed by atoms with van der Waals surface area (Å²) in [6, 6.07) is 0.664. The molecule has 0 aromatic heterocycles. The topological polar surface area (TPSA) is 35.5 Å². The molecule has 0 spiro atoms. The number of fused-ring (bicyclic) bond motifs is 1. The Kier molecular flexibility index (Phi) is 2.35. The van der Waals surface area contributed by atoms with Gasteiger partial charge in [0.05, 0.1) is 6.61 Å². The van der Waals surface area contributed by atoms with Gasteiger partial charge in [0.15, 0.2) is 0 Å². The van der Waals surface area contributed by atoms with Gasteiger partial charge in [-0.05, 0) is 31.8 Å². The van der Waals surface area contributed by atoms with Crippen molar-refractivity contribution in [1.29, 1.82) is 0 Å². The minimum Gasteiger partial charge on any atom is -0.395 e. The summed E-state index contributed by atoms with van der Waals surface area (Å²) in [6.07, 6.45) is 0. The average Bonchev–Trinajstić information content (AvgIpc) is 2.58. The van der Waals surface area contributed by atoms with Crippen molar-refractivity contribution in [1.82, 2.24) is 10.2 Å². The third-order valence-electron chi connectivity index (χ3n) is 3.44. The number of hydrogen-bond acceptors (Lipinski definition) is 3. The fourth-order valence-electron chi connectivity index (χ4n) is 2.68. The number of β-amino-alcohol motifs (C(OH)–C–C–N with tert-alkyl or cyclic N) is 1. The summed E-state index contributed by atoms with van der Waals surface area (Å²) in [5.41, 5.74) is 0. The van der Waals surface area contributed by atoms with Crippen LogP contribution in [0.25, 0.3) is 0 Å². The molecular weight excluding hydrogens is 152 g/mol. The SMILES string of the molecule is CC1C2CNCC2CN1CCO. The lowest BCUT2D eigenvalue weighted by Crippen LogP contribution is -2.35. The molecular formula is C9H18N2O. The first-order valence-electron chi connectivity index (χ1n) is 4.88. The lowest BCUT2D eigenvalue weighted by Gasteiger charge is -2.22. The third kappa shape index (κ3) is 1.26. The first kappa shape index (κ1) is 8.48. The van der Waals surface area contributed by atoms with Gasteiger partial charge < -0.3 is 10.4 Å². The molecule has 70 valence electrons. The molecule has 2 aliphatic heterocycles. The normalized spacial score (nSPS) is 42.0. The van der Waals surface area contributed by atoms with Crippen LogP contribution in [0.15, 0.2) is 0 Å². The quantitative estimate of drug-likeness (QED) is 0.587. The molecule has 3 heteroatoms. The summed E-state index contributed by atoms with van der Waals surface area (Å²) >= 11 is 0. The van der Waals surface area contributed by atoms with Crippen molar-refractivity contribution in [3.05, 3.63) is 0 Å². The number of likely N-dealkylation sites (tertiary alicyclic amines) is 1. The largest absolute Gasteiger partial charge is 0.395 e. The van der Waals surface area contributed by atoms with Crippen LogP contribution in [0.3, 0.4) is 0 Å². The summed E-state index contributed by atoms with van der Waals surface area (Å²) in [7, 11) is 0. The van der Waals surface area contributed by atoms with Gasteiger partial charge in [-0.2, -0.15) is 0 Å². The van der Waals surface area contributed by atoms with Crippen LogP contribution < -0.4 is 5.32 Å². The zero-order valence-electron chi connectivity index (χ0n) is 7.66. The Bertz CT molecular complexity index is 163. The predicted molar refractivity (Wildman–Crippen MR) is 48.0 cm³/mol. The molecule has 2 N–H and O–H groups in total. The van der Waals surface area contributed by atoms with E-state index in [1.165, 1.54) is 19.6 Å². The monoisotopic (exact) mass is 170 g/mol. The van der Waals surface area contributed by atoms with Crippen LogP contribution in [0.4, 0.5) is 0 Å². The molecule has 0 bridgehead atoms. The maximum absolute atomic E-state index is 8.85. The van der Waals surface area contributed by atoms with E-state index in [0.717, 1.165) is 18.4 Å². The summed E-state index contributed by atoms with van der Waals surface area (Å²) in [5, 5.41) is 12.3. The molecule has 0 aromatic carbocycles. The van der Waals surface area contributed by atoms with Crippen molar-refractivity contribution in [2.24, 2.45) is 11.8 Å². The van der Waals surface area contributed by atoms with Crippen molar-refractivity contribution >= 4 is 0 Å². The average molecular weight is 170 g/mol. The highest BCUT2D eigenvalue weighted by Gasteiger charge is 2.41. The number of nitrogens with zero attached hydrogens (tertiary/aromatic N) is 1. The van der Waals surface area contributed by atoms with E-state index in [9.17, 15) is 0 Å². The zero-order chi connectivity index (χ0) is 8.55. The van der Waals surface area contributed by atoms with Crippen molar-refractivity contribution < 1.29 is 5.11 Å². The second-order valence-corrected chi connectivity index (χ2v) is 4.04. The Balaban J connectivity index is 1.96. The van der Waals surface area contributed by atoms with Crippen molar-refractivity contribution in [2.45, 2.75) is 13.0 Å². The molecule has 0 amide bonds. The van der Waals surface area contributed by atoms with E-state index >= 15 is 0 Å². The van der Waals surface area contributed by atoms with Crippen molar-refractivity contribution in [3.8, 4) is 0 Å². The maximum atomic E-state index is 8.85. The molecule has 3 unspecified atom stereocenters. The number of rotatable bonds is 2. The molecule has 0 radical (unpaired) electrons. The van der Waals surface area contributed by atoms with Gasteiger partial charge in [-0.25, -0.2) is 0 Å². The van der Waals surface area contributed by atoms with E-state index in [1.807, 2.05) is 0 Å². The molecule has 2 heterocycles. The van der Waals surface area contributed by atoms with Gasteiger partial charge in [0, 0.05) is 19.1 Å². The first-order chi connectivity index (χ1) is 5.83. The van der Waals surface area contributed by atoms with E-state index in [0.29, 0.717) is 12.6 Å². The van der Waals surface area contributed by atoms with Crippen LogP contribution >= 0.6 is 0 Å². The van der Waals surface area contributed by atoms with Gasteiger partial charge in [-0.15, -0.1) is 0 Å². The van der Waals surface area contributed by atoms with E-state index in [-0.39, 0.29) is 0 Å². The van der Waals surface area contributed by atoms with Crippen LogP contribution in [-0.4, -0.2) is 48.8 Å². The smallest absolute Gasteiger partial charge is 0.0558 e. The zero-order valence-corrected chi connectivity index (χ0v) is 7.66. The fourth-order valence-corrected chi connectivity index (χ4v) is 2.68. The molecule has 12 heavy (non-hydrogen) atoms. The van der Waals surface area contributed by atoms with Crippen molar-refractivity contribution in [3.63, 3.8) is 0 Å². The maximum Gasteiger partial charge on any atom is 0.0558 e. The van der Waals surface area contributed by atoms with Gasteiger partial charge in [0.1, 0.15) is 0 Å².